The van der Waals surface area contributed by atoms with E-state index in [1.165, 1.54) is 36.4 Å². The lowest BCUT2D eigenvalue weighted by molar-refractivity contribution is 0.0926. The van der Waals surface area contributed by atoms with E-state index in [1.807, 2.05) is 0 Å². The Labute approximate surface area is 125 Å². The summed E-state index contributed by atoms with van der Waals surface area (Å²) in [6.45, 7) is 0. The van der Waals surface area contributed by atoms with Gasteiger partial charge >= 0.3 is 0 Å². The number of amides is 3. The van der Waals surface area contributed by atoms with Gasteiger partial charge in [0, 0.05) is 11.4 Å². The van der Waals surface area contributed by atoms with Gasteiger partial charge in [-0.1, -0.05) is 0 Å². The van der Waals surface area contributed by atoms with Crippen LogP contribution in [0, 0.1) is 0 Å². The third-order valence-corrected chi connectivity index (χ3v) is 3.44. The first-order valence-corrected chi connectivity index (χ1v) is 6.38. The van der Waals surface area contributed by atoms with Crippen molar-refractivity contribution in [2.24, 2.45) is 5.73 Å². The zero-order valence-corrected chi connectivity index (χ0v) is 11.4. The second-order valence-electron chi connectivity index (χ2n) is 4.89. The standard InChI is InChI=1S/C15H12N4O3/c16-7-1-3-9-10(5-7)15(22)19(14(9)21)12-4-2-8(17)6-11(12)13(18)20/h1-6H,16-17H2,(H2,18,20). The number of hydrogen-bond acceptors (Lipinski definition) is 5. The van der Waals surface area contributed by atoms with Crippen LogP contribution in [-0.2, 0) is 0 Å². The molecule has 0 atom stereocenters. The second-order valence-corrected chi connectivity index (χ2v) is 4.89. The van der Waals surface area contributed by atoms with Gasteiger partial charge in [-0.2, -0.15) is 0 Å². The Morgan fingerprint density at radius 1 is 0.864 bits per heavy atom. The fourth-order valence-corrected chi connectivity index (χ4v) is 2.42. The quantitative estimate of drug-likeness (QED) is 0.555. The predicted octanol–water partition coefficient (Wildman–Crippen LogP) is 0.750. The van der Waals surface area contributed by atoms with Gasteiger partial charge in [0.15, 0.2) is 0 Å². The highest BCUT2D eigenvalue weighted by Gasteiger charge is 2.38. The Balaban J connectivity index is 2.18. The number of nitrogen functional groups attached to an aromatic ring is 2. The molecule has 1 heterocycles. The number of fused-ring (bicyclic) bond motifs is 1. The molecule has 0 saturated carbocycles. The van der Waals surface area contributed by atoms with Crippen molar-refractivity contribution in [2.45, 2.75) is 0 Å². The number of anilines is 3. The van der Waals surface area contributed by atoms with E-state index in [1.54, 1.807) is 0 Å². The van der Waals surface area contributed by atoms with Crippen LogP contribution < -0.4 is 22.1 Å². The van der Waals surface area contributed by atoms with Crippen LogP contribution >= 0.6 is 0 Å². The number of primary amides is 1. The van der Waals surface area contributed by atoms with Crippen LogP contribution in [0.25, 0.3) is 0 Å². The van der Waals surface area contributed by atoms with Crippen molar-refractivity contribution in [1.82, 2.24) is 0 Å². The molecule has 0 fully saturated rings. The summed E-state index contributed by atoms with van der Waals surface area (Å²) in [4.78, 5) is 37.4. The van der Waals surface area contributed by atoms with E-state index in [0.29, 0.717) is 11.4 Å². The number of nitrogens with two attached hydrogens (primary N) is 3. The molecule has 0 bridgehead atoms. The average Bonchev–Trinajstić information content (AvgIpc) is 2.71. The number of nitrogens with zero attached hydrogens (tertiary/aromatic N) is 1. The Kier molecular flexibility index (Phi) is 2.84. The van der Waals surface area contributed by atoms with Crippen molar-refractivity contribution in [3.63, 3.8) is 0 Å². The highest BCUT2D eigenvalue weighted by atomic mass is 16.2. The molecule has 0 spiro atoms. The topological polar surface area (TPSA) is 133 Å². The first-order chi connectivity index (χ1) is 10.4. The summed E-state index contributed by atoms with van der Waals surface area (Å²) < 4.78 is 0. The van der Waals surface area contributed by atoms with Gasteiger partial charge in [-0.25, -0.2) is 4.90 Å². The maximum Gasteiger partial charge on any atom is 0.266 e. The zero-order chi connectivity index (χ0) is 16.0. The molecule has 22 heavy (non-hydrogen) atoms. The highest BCUT2D eigenvalue weighted by Crippen LogP contribution is 2.32. The van der Waals surface area contributed by atoms with Crippen molar-refractivity contribution >= 4 is 34.8 Å². The maximum atomic E-state index is 12.5. The fourth-order valence-electron chi connectivity index (χ4n) is 2.42. The molecule has 3 amide bonds. The van der Waals surface area contributed by atoms with Gasteiger partial charge in [0.2, 0.25) is 0 Å². The fraction of sp³-hybridized carbons (Fsp3) is 0. The monoisotopic (exact) mass is 296 g/mol. The molecule has 110 valence electrons. The summed E-state index contributed by atoms with van der Waals surface area (Å²) in [5.74, 6) is -1.87. The number of benzene rings is 2. The molecule has 0 aliphatic carbocycles. The van der Waals surface area contributed by atoms with Gasteiger partial charge in [-0.05, 0) is 36.4 Å². The van der Waals surface area contributed by atoms with Crippen LogP contribution in [0.15, 0.2) is 36.4 Å². The van der Waals surface area contributed by atoms with Crippen LogP contribution in [0.5, 0.6) is 0 Å². The molecular formula is C15H12N4O3. The molecule has 0 saturated heterocycles. The first-order valence-electron chi connectivity index (χ1n) is 6.38. The van der Waals surface area contributed by atoms with E-state index < -0.39 is 17.7 Å². The Morgan fingerprint density at radius 2 is 1.45 bits per heavy atom. The first kappa shape index (κ1) is 13.6. The van der Waals surface area contributed by atoms with Gasteiger partial charge in [0.25, 0.3) is 17.7 Å². The molecule has 6 N–H and O–H groups in total. The molecular weight excluding hydrogens is 284 g/mol. The summed E-state index contributed by atoms with van der Waals surface area (Å²) >= 11 is 0. The zero-order valence-electron chi connectivity index (χ0n) is 11.4. The largest absolute Gasteiger partial charge is 0.399 e. The lowest BCUT2D eigenvalue weighted by atomic mass is 10.1. The van der Waals surface area contributed by atoms with Crippen LogP contribution in [0.2, 0.25) is 0 Å². The number of rotatable bonds is 2. The van der Waals surface area contributed by atoms with Gasteiger partial charge in [-0.15, -0.1) is 0 Å². The van der Waals surface area contributed by atoms with E-state index in [0.717, 1.165) is 4.90 Å². The molecule has 2 aromatic carbocycles. The van der Waals surface area contributed by atoms with E-state index in [2.05, 4.69) is 0 Å². The van der Waals surface area contributed by atoms with Crippen LogP contribution in [0.4, 0.5) is 17.1 Å². The predicted molar refractivity (Wildman–Crippen MR) is 81.4 cm³/mol. The molecule has 0 radical (unpaired) electrons. The Morgan fingerprint density at radius 3 is 2.14 bits per heavy atom. The third-order valence-electron chi connectivity index (χ3n) is 3.44. The molecule has 0 unspecified atom stereocenters. The van der Waals surface area contributed by atoms with Crippen molar-refractivity contribution in [2.75, 3.05) is 16.4 Å². The minimum atomic E-state index is -0.779. The number of carbonyl (C=O) groups is 3. The summed E-state index contributed by atoms with van der Waals surface area (Å²) in [5, 5.41) is 0. The van der Waals surface area contributed by atoms with Gasteiger partial charge < -0.3 is 17.2 Å². The summed E-state index contributed by atoms with van der Waals surface area (Å²) in [5.41, 5.74) is 17.8. The van der Waals surface area contributed by atoms with E-state index in [9.17, 15) is 14.4 Å². The van der Waals surface area contributed by atoms with Gasteiger partial charge in [0.1, 0.15) is 0 Å². The molecule has 0 aromatic heterocycles. The van der Waals surface area contributed by atoms with Crippen molar-refractivity contribution in [3.05, 3.63) is 53.1 Å². The van der Waals surface area contributed by atoms with Crippen molar-refractivity contribution < 1.29 is 14.4 Å². The third kappa shape index (κ3) is 1.87. The van der Waals surface area contributed by atoms with E-state index >= 15 is 0 Å². The summed E-state index contributed by atoms with van der Waals surface area (Å²) in [6, 6.07) is 8.67. The van der Waals surface area contributed by atoms with Crippen LogP contribution in [-0.4, -0.2) is 17.7 Å². The molecule has 7 heteroatoms. The molecule has 2 aromatic rings. The van der Waals surface area contributed by atoms with Crippen molar-refractivity contribution in [3.8, 4) is 0 Å². The summed E-state index contributed by atoms with van der Waals surface area (Å²) in [6.07, 6.45) is 0. The number of carbonyl (C=O) groups excluding carboxylic acids is 3. The van der Waals surface area contributed by atoms with Gasteiger partial charge in [0.05, 0.1) is 22.4 Å². The molecule has 1 aliphatic rings. The normalized spacial score (nSPS) is 13.4. The molecule has 7 nitrogen and oxygen atoms in total. The van der Waals surface area contributed by atoms with Gasteiger partial charge in [-0.3, -0.25) is 14.4 Å². The Hall–Kier alpha value is -3.35. The van der Waals surface area contributed by atoms with Crippen molar-refractivity contribution in [1.29, 1.82) is 0 Å². The lowest BCUT2D eigenvalue weighted by Crippen LogP contribution is -2.31. The SMILES string of the molecule is NC(=O)c1cc(N)ccc1N1C(=O)c2ccc(N)cc2C1=O. The minimum absolute atomic E-state index is 0.00229. The second kappa shape index (κ2) is 4.59. The highest BCUT2D eigenvalue weighted by molar-refractivity contribution is 6.35. The van der Waals surface area contributed by atoms with Crippen LogP contribution in [0.3, 0.4) is 0 Å². The number of hydrogen-bond donors (Lipinski definition) is 3. The minimum Gasteiger partial charge on any atom is -0.399 e. The summed E-state index contributed by atoms with van der Waals surface area (Å²) in [7, 11) is 0. The maximum absolute atomic E-state index is 12.5. The number of imide groups is 1. The average molecular weight is 296 g/mol. The van der Waals surface area contributed by atoms with E-state index in [-0.39, 0.29) is 22.4 Å². The van der Waals surface area contributed by atoms with E-state index in [4.69, 9.17) is 17.2 Å². The Bertz CT molecular complexity index is 845. The smallest absolute Gasteiger partial charge is 0.266 e. The molecule has 1 aliphatic heterocycles. The lowest BCUT2D eigenvalue weighted by Gasteiger charge is -2.17. The van der Waals surface area contributed by atoms with Crippen LogP contribution in [0.1, 0.15) is 31.1 Å². The molecule has 3 rings (SSSR count).